The van der Waals surface area contributed by atoms with Crippen LogP contribution < -0.4 is 0 Å². The molecule has 112 valence electrons. The average Bonchev–Trinajstić information content (AvgIpc) is 2.42. The molecule has 2 rings (SSSR count). The van der Waals surface area contributed by atoms with Gasteiger partial charge in [-0.25, -0.2) is 0 Å². The summed E-state index contributed by atoms with van der Waals surface area (Å²) in [7, 11) is 0. The van der Waals surface area contributed by atoms with Gasteiger partial charge in [-0.05, 0) is 18.1 Å². The molecule has 1 heterocycles. The lowest BCUT2D eigenvalue weighted by atomic mass is 9.97. The molecule has 1 aromatic rings. The molecule has 0 aliphatic carbocycles. The molecular weight excluding hydrogens is 273 g/mol. The molecule has 1 aliphatic heterocycles. The first-order valence-electron chi connectivity index (χ1n) is 6.46. The minimum Gasteiger partial charge on any atom is -0.373 e. The summed E-state index contributed by atoms with van der Waals surface area (Å²) in [6, 6.07) is 7.96. The molecule has 0 radical (unpaired) electrons. The molecule has 0 bridgehead atoms. The lowest BCUT2D eigenvalue weighted by Gasteiger charge is -2.29. The predicted molar refractivity (Wildman–Crippen MR) is 66.1 cm³/mol. The van der Waals surface area contributed by atoms with E-state index >= 15 is 0 Å². The largest absolute Gasteiger partial charge is 0.522 e. The van der Waals surface area contributed by atoms with E-state index in [1.165, 1.54) is 5.56 Å². The maximum atomic E-state index is 11.8. The van der Waals surface area contributed by atoms with Crippen LogP contribution in [0.25, 0.3) is 0 Å². The fourth-order valence-corrected chi connectivity index (χ4v) is 2.17. The zero-order valence-corrected chi connectivity index (χ0v) is 11.2. The van der Waals surface area contributed by atoms with Gasteiger partial charge in [0.2, 0.25) is 0 Å². The van der Waals surface area contributed by atoms with Gasteiger partial charge in [-0.15, -0.1) is 13.2 Å². The summed E-state index contributed by atoms with van der Waals surface area (Å²) < 4.78 is 50.1. The van der Waals surface area contributed by atoms with Crippen molar-refractivity contribution in [2.24, 2.45) is 0 Å². The van der Waals surface area contributed by atoms with Crippen molar-refractivity contribution in [2.45, 2.75) is 38.5 Å². The number of alkyl halides is 3. The number of ether oxygens (including phenoxy) is 3. The first kappa shape index (κ1) is 15.3. The Labute approximate surface area is 115 Å². The molecule has 0 saturated carbocycles. The summed E-state index contributed by atoms with van der Waals surface area (Å²) >= 11 is 0. The van der Waals surface area contributed by atoms with Crippen molar-refractivity contribution >= 4 is 0 Å². The molecule has 1 aliphatic rings. The summed E-state index contributed by atoms with van der Waals surface area (Å²) in [6.45, 7) is 1.69. The van der Waals surface area contributed by atoms with Crippen LogP contribution in [0.1, 0.15) is 18.1 Å². The van der Waals surface area contributed by atoms with Crippen molar-refractivity contribution in [2.75, 3.05) is 13.2 Å². The van der Waals surface area contributed by atoms with Crippen LogP contribution in [0.2, 0.25) is 0 Å². The molecule has 20 heavy (non-hydrogen) atoms. The van der Waals surface area contributed by atoms with Crippen molar-refractivity contribution in [3.05, 3.63) is 35.4 Å². The normalized spacial score (nSPS) is 20.5. The second-order valence-electron chi connectivity index (χ2n) is 4.69. The van der Waals surface area contributed by atoms with Crippen LogP contribution in [0.5, 0.6) is 0 Å². The summed E-state index contributed by atoms with van der Waals surface area (Å²) in [5.74, 6) is 0. The van der Waals surface area contributed by atoms with E-state index in [4.69, 9.17) is 9.47 Å². The first-order chi connectivity index (χ1) is 9.46. The van der Waals surface area contributed by atoms with Crippen LogP contribution >= 0.6 is 0 Å². The number of halogens is 3. The molecule has 0 fully saturated rings. The second-order valence-corrected chi connectivity index (χ2v) is 4.69. The molecule has 1 aromatic carbocycles. The van der Waals surface area contributed by atoms with Crippen LogP contribution in [0, 0.1) is 0 Å². The Morgan fingerprint density at radius 2 is 1.95 bits per heavy atom. The van der Waals surface area contributed by atoms with E-state index in [0.717, 1.165) is 5.56 Å². The van der Waals surface area contributed by atoms with E-state index < -0.39 is 13.0 Å². The number of benzene rings is 1. The summed E-state index contributed by atoms with van der Waals surface area (Å²) in [6.07, 6.45) is -4.32. The van der Waals surface area contributed by atoms with Gasteiger partial charge in [0.1, 0.15) is 0 Å². The Hall–Kier alpha value is -1.11. The molecule has 2 atom stereocenters. The van der Waals surface area contributed by atoms with Gasteiger partial charge in [-0.3, -0.25) is 4.74 Å². The highest BCUT2D eigenvalue weighted by atomic mass is 19.4. The highest BCUT2D eigenvalue weighted by Gasteiger charge is 2.29. The van der Waals surface area contributed by atoms with Crippen molar-refractivity contribution in [3.63, 3.8) is 0 Å². The summed E-state index contributed by atoms with van der Waals surface area (Å²) in [5.41, 5.74) is 2.35. The lowest BCUT2D eigenvalue weighted by molar-refractivity contribution is -0.328. The van der Waals surface area contributed by atoms with Gasteiger partial charge in [0.15, 0.2) is 0 Å². The van der Waals surface area contributed by atoms with Gasteiger partial charge in [-0.1, -0.05) is 24.3 Å². The molecule has 0 aromatic heterocycles. The monoisotopic (exact) mass is 290 g/mol. The number of rotatable bonds is 5. The first-order valence-corrected chi connectivity index (χ1v) is 6.46. The van der Waals surface area contributed by atoms with E-state index in [2.05, 4.69) is 4.74 Å². The summed E-state index contributed by atoms with van der Waals surface area (Å²) in [5, 5.41) is 0. The van der Waals surface area contributed by atoms with Crippen LogP contribution in [0.3, 0.4) is 0 Å². The topological polar surface area (TPSA) is 27.7 Å². The molecule has 0 amide bonds. The fraction of sp³-hybridized carbons (Fsp3) is 0.571. The second kappa shape index (κ2) is 6.56. The Morgan fingerprint density at radius 3 is 2.65 bits per heavy atom. The highest BCUT2D eigenvalue weighted by Crippen LogP contribution is 2.23. The third-order valence-electron chi connectivity index (χ3n) is 3.25. The van der Waals surface area contributed by atoms with Gasteiger partial charge >= 0.3 is 6.36 Å². The Kier molecular flexibility index (Phi) is 5.01. The fourth-order valence-electron chi connectivity index (χ4n) is 2.17. The van der Waals surface area contributed by atoms with E-state index in [1.807, 2.05) is 24.3 Å². The van der Waals surface area contributed by atoms with Gasteiger partial charge in [0, 0.05) is 6.42 Å². The molecule has 0 N–H and O–H groups in total. The quantitative estimate of drug-likeness (QED) is 0.780. The maximum absolute atomic E-state index is 11.8. The number of fused-ring (bicyclic) bond motifs is 1. The van der Waals surface area contributed by atoms with Gasteiger partial charge in [0.25, 0.3) is 0 Å². The third-order valence-corrected chi connectivity index (χ3v) is 3.25. The average molecular weight is 290 g/mol. The van der Waals surface area contributed by atoms with Crippen molar-refractivity contribution in [1.29, 1.82) is 0 Å². The van der Waals surface area contributed by atoms with Crippen LogP contribution in [-0.4, -0.2) is 31.8 Å². The van der Waals surface area contributed by atoms with Crippen molar-refractivity contribution < 1.29 is 27.4 Å². The lowest BCUT2D eigenvalue weighted by Crippen LogP contribution is -2.35. The van der Waals surface area contributed by atoms with Crippen molar-refractivity contribution in [1.82, 2.24) is 0 Å². The number of hydrogen-bond acceptors (Lipinski definition) is 3. The maximum Gasteiger partial charge on any atom is 0.522 e. The molecular formula is C14H17F3O3. The van der Waals surface area contributed by atoms with Gasteiger partial charge in [-0.2, -0.15) is 0 Å². The minimum absolute atomic E-state index is 0.109. The van der Waals surface area contributed by atoms with Crippen LogP contribution in [0.4, 0.5) is 13.2 Å². The molecule has 2 unspecified atom stereocenters. The zero-order chi connectivity index (χ0) is 14.6. The van der Waals surface area contributed by atoms with Gasteiger partial charge in [0.05, 0.1) is 32.0 Å². The Bertz CT molecular complexity index is 434. The van der Waals surface area contributed by atoms with Crippen LogP contribution in [0.15, 0.2) is 24.3 Å². The van der Waals surface area contributed by atoms with E-state index in [0.29, 0.717) is 13.0 Å². The Balaban J connectivity index is 1.76. The van der Waals surface area contributed by atoms with Crippen molar-refractivity contribution in [3.8, 4) is 0 Å². The third kappa shape index (κ3) is 4.47. The van der Waals surface area contributed by atoms with Crippen LogP contribution in [-0.2, 0) is 27.2 Å². The molecule has 0 saturated heterocycles. The molecule has 0 spiro atoms. The van der Waals surface area contributed by atoms with E-state index in [9.17, 15) is 13.2 Å². The molecule has 3 nitrogen and oxygen atoms in total. The predicted octanol–water partition coefficient (Wildman–Crippen LogP) is 3.07. The Morgan fingerprint density at radius 1 is 1.25 bits per heavy atom. The SMILES string of the molecule is CC(OCCOC(F)(F)F)C1Cc2ccccc2CO1. The standard InChI is InChI=1S/C14H17F3O3/c1-10(18-6-7-20-14(15,16)17)13-8-11-4-2-3-5-12(11)9-19-13/h2-5,10,13H,6-9H2,1H3. The van der Waals surface area contributed by atoms with Gasteiger partial charge < -0.3 is 9.47 Å². The van der Waals surface area contributed by atoms with E-state index in [-0.39, 0.29) is 18.8 Å². The highest BCUT2D eigenvalue weighted by molar-refractivity contribution is 5.28. The smallest absolute Gasteiger partial charge is 0.373 e. The number of hydrogen-bond donors (Lipinski definition) is 0. The minimum atomic E-state index is -4.60. The summed E-state index contributed by atoms with van der Waals surface area (Å²) in [4.78, 5) is 0. The molecule has 6 heteroatoms. The van der Waals surface area contributed by atoms with E-state index in [1.54, 1.807) is 6.92 Å². The zero-order valence-electron chi connectivity index (χ0n) is 11.2.